The maximum Gasteiger partial charge on any atom is 0.230 e. The van der Waals surface area contributed by atoms with Gasteiger partial charge < -0.3 is 15.0 Å². The fraction of sp³-hybridized carbons (Fsp3) is 0.917. The normalized spacial score (nSPS) is 34.1. The molecule has 2 saturated heterocycles. The Morgan fingerprint density at radius 2 is 2.12 bits per heavy atom. The van der Waals surface area contributed by atoms with Crippen molar-refractivity contribution in [2.45, 2.75) is 32.7 Å². The molecule has 0 saturated carbocycles. The van der Waals surface area contributed by atoms with Gasteiger partial charge in [0.25, 0.3) is 0 Å². The molecule has 0 radical (unpaired) electrons. The number of ether oxygens (including phenoxy) is 1. The lowest BCUT2D eigenvalue weighted by Crippen LogP contribution is -2.59. The summed E-state index contributed by atoms with van der Waals surface area (Å²) in [6.07, 6.45) is 0.944. The first-order valence-electron chi connectivity index (χ1n) is 6.06. The lowest BCUT2D eigenvalue weighted by atomic mass is 9.86. The molecule has 2 heterocycles. The number of carbonyl (C=O) groups excluding carboxylic acids is 1. The molecular weight excluding hydrogens is 204 g/mol. The molecule has 92 valence electrons. The van der Waals surface area contributed by atoms with E-state index in [0.29, 0.717) is 13.2 Å². The highest BCUT2D eigenvalue weighted by molar-refractivity contribution is 5.83. The third-order valence-corrected chi connectivity index (χ3v) is 3.78. The first kappa shape index (κ1) is 11.9. The van der Waals surface area contributed by atoms with Crippen LogP contribution in [-0.2, 0) is 9.53 Å². The second-order valence-electron chi connectivity index (χ2n) is 5.81. The van der Waals surface area contributed by atoms with Crippen molar-refractivity contribution in [2.75, 3.05) is 32.8 Å². The number of rotatable bonds is 1. The Morgan fingerprint density at radius 1 is 1.38 bits per heavy atom. The standard InChI is InChI=1S/C12H22N2O2/c1-11(2)9-16-7-6-14(11)10(15)12(3)4-5-13-8-12/h13H,4-9H2,1-3H3. The van der Waals surface area contributed by atoms with Gasteiger partial charge in [-0.1, -0.05) is 0 Å². The summed E-state index contributed by atoms with van der Waals surface area (Å²) in [6, 6.07) is 0. The summed E-state index contributed by atoms with van der Waals surface area (Å²) in [5.74, 6) is 0.283. The second-order valence-corrected chi connectivity index (χ2v) is 5.81. The van der Waals surface area contributed by atoms with Crippen LogP contribution in [0.3, 0.4) is 0 Å². The van der Waals surface area contributed by atoms with Gasteiger partial charge in [0.2, 0.25) is 5.91 Å². The zero-order valence-electron chi connectivity index (χ0n) is 10.5. The van der Waals surface area contributed by atoms with Crippen LogP contribution in [0.15, 0.2) is 0 Å². The van der Waals surface area contributed by atoms with Crippen molar-refractivity contribution in [1.82, 2.24) is 10.2 Å². The molecule has 0 aromatic carbocycles. The third kappa shape index (κ3) is 1.96. The predicted molar refractivity (Wildman–Crippen MR) is 62.2 cm³/mol. The van der Waals surface area contributed by atoms with Gasteiger partial charge in [-0.15, -0.1) is 0 Å². The van der Waals surface area contributed by atoms with Crippen molar-refractivity contribution in [3.8, 4) is 0 Å². The molecule has 4 heteroatoms. The molecule has 2 fully saturated rings. The Hall–Kier alpha value is -0.610. The molecule has 2 aliphatic rings. The van der Waals surface area contributed by atoms with Crippen molar-refractivity contribution >= 4 is 5.91 Å². The van der Waals surface area contributed by atoms with Crippen LogP contribution in [0.1, 0.15) is 27.2 Å². The monoisotopic (exact) mass is 226 g/mol. The van der Waals surface area contributed by atoms with Crippen LogP contribution in [0.5, 0.6) is 0 Å². The van der Waals surface area contributed by atoms with Crippen LogP contribution in [-0.4, -0.2) is 49.2 Å². The van der Waals surface area contributed by atoms with Crippen LogP contribution in [0.4, 0.5) is 0 Å². The Labute approximate surface area is 97.3 Å². The van der Waals surface area contributed by atoms with E-state index in [1.54, 1.807) is 0 Å². The fourth-order valence-corrected chi connectivity index (χ4v) is 2.56. The van der Waals surface area contributed by atoms with E-state index >= 15 is 0 Å². The first-order valence-corrected chi connectivity index (χ1v) is 6.06. The number of nitrogens with one attached hydrogen (secondary N) is 1. The number of morpholine rings is 1. The van der Waals surface area contributed by atoms with Crippen molar-refractivity contribution in [3.63, 3.8) is 0 Å². The molecule has 0 aliphatic carbocycles. The summed E-state index contributed by atoms with van der Waals surface area (Å²) in [5, 5.41) is 3.28. The highest BCUT2D eigenvalue weighted by Gasteiger charge is 2.44. The summed E-state index contributed by atoms with van der Waals surface area (Å²) < 4.78 is 5.45. The van der Waals surface area contributed by atoms with E-state index in [2.05, 4.69) is 26.1 Å². The van der Waals surface area contributed by atoms with Gasteiger partial charge in [0.05, 0.1) is 24.2 Å². The minimum Gasteiger partial charge on any atom is -0.377 e. The molecule has 4 nitrogen and oxygen atoms in total. The van der Waals surface area contributed by atoms with Gasteiger partial charge in [-0.05, 0) is 33.7 Å². The van der Waals surface area contributed by atoms with Crippen LogP contribution in [0, 0.1) is 5.41 Å². The smallest absolute Gasteiger partial charge is 0.230 e. The number of amides is 1. The zero-order valence-corrected chi connectivity index (χ0v) is 10.5. The molecule has 1 N–H and O–H groups in total. The van der Waals surface area contributed by atoms with Gasteiger partial charge in [-0.3, -0.25) is 4.79 Å². The summed E-state index contributed by atoms with van der Waals surface area (Å²) in [7, 11) is 0. The molecule has 0 bridgehead atoms. The lowest BCUT2D eigenvalue weighted by molar-refractivity contribution is -0.155. The van der Waals surface area contributed by atoms with Gasteiger partial charge in [0.15, 0.2) is 0 Å². The molecule has 0 aromatic rings. The van der Waals surface area contributed by atoms with E-state index in [-0.39, 0.29) is 16.9 Å². The van der Waals surface area contributed by atoms with Crippen molar-refractivity contribution in [1.29, 1.82) is 0 Å². The maximum atomic E-state index is 12.6. The highest BCUT2D eigenvalue weighted by Crippen LogP contribution is 2.31. The maximum absolute atomic E-state index is 12.6. The fourth-order valence-electron chi connectivity index (χ4n) is 2.56. The van der Waals surface area contributed by atoms with Crippen molar-refractivity contribution in [2.24, 2.45) is 5.41 Å². The molecule has 1 atom stereocenters. The number of hydrogen-bond donors (Lipinski definition) is 1. The van der Waals surface area contributed by atoms with E-state index in [1.807, 2.05) is 4.90 Å². The number of carbonyl (C=O) groups is 1. The second kappa shape index (κ2) is 4.00. The molecule has 0 aromatic heterocycles. The molecule has 0 spiro atoms. The quantitative estimate of drug-likeness (QED) is 0.713. The minimum absolute atomic E-state index is 0.166. The summed E-state index contributed by atoms with van der Waals surface area (Å²) >= 11 is 0. The average Bonchev–Trinajstić information content (AvgIpc) is 2.65. The molecule has 2 aliphatic heterocycles. The van der Waals surface area contributed by atoms with Crippen LogP contribution in [0.2, 0.25) is 0 Å². The molecule has 2 rings (SSSR count). The molecule has 16 heavy (non-hydrogen) atoms. The molecule has 1 amide bonds. The van der Waals surface area contributed by atoms with E-state index < -0.39 is 0 Å². The number of nitrogens with zero attached hydrogens (tertiary/aromatic N) is 1. The van der Waals surface area contributed by atoms with Gasteiger partial charge in [-0.2, -0.15) is 0 Å². The van der Waals surface area contributed by atoms with Gasteiger partial charge in [0.1, 0.15) is 0 Å². The van der Waals surface area contributed by atoms with E-state index in [1.165, 1.54) is 0 Å². The Bertz CT molecular complexity index is 283. The summed E-state index contributed by atoms with van der Waals surface area (Å²) in [4.78, 5) is 14.6. The summed E-state index contributed by atoms with van der Waals surface area (Å²) in [6.45, 7) is 10.0. The topological polar surface area (TPSA) is 41.6 Å². The highest BCUT2D eigenvalue weighted by atomic mass is 16.5. The van der Waals surface area contributed by atoms with Gasteiger partial charge in [-0.25, -0.2) is 0 Å². The van der Waals surface area contributed by atoms with E-state index in [9.17, 15) is 4.79 Å². The van der Waals surface area contributed by atoms with E-state index in [4.69, 9.17) is 4.74 Å². The Balaban J connectivity index is 2.13. The average molecular weight is 226 g/mol. The zero-order chi connectivity index (χ0) is 11.8. The largest absolute Gasteiger partial charge is 0.377 e. The van der Waals surface area contributed by atoms with Gasteiger partial charge in [0, 0.05) is 13.1 Å². The number of hydrogen-bond acceptors (Lipinski definition) is 3. The van der Waals surface area contributed by atoms with Crippen molar-refractivity contribution in [3.05, 3.63) is 0 Å². The molecular formula is C12H22N2O2. The van der Waals surface area contributed by atoms with E-state index in [0.717, 1.165) is 26.1 Å². The lowest BCUT2D eigenvalue weighted by Gasteiger charge is -2.45. The van der Waals surface area contributed by atoms with Crippen LogP contribution < -0.4 is 5.32 Å². The first-order chi connectivity index (χ1) is 7.46. The third-order valence-electron chi connectivity index (χ3n) is 3.78. The Kier molecular flexibility index (Phi) is 2.97. The Morgan fingerprint density at radius 3 is 2.69 bits per heavy atom. The minimum atomic E-state index is -0.214. The summed E-state index contributed by atoms with van der Waals surface area (Å²) in [5.41, 5.74) is -0.379. The SMILES string of the molecule is CC1(C(=O)N2CCOCC2(C)C)CCNC1. The predicted octanol–water partition coefficient (Wildman–Crippen LogP) is 0.623. The van der Waals surface area contributed by atoms with Crippen molar-refractivity contribution < 1.29 is 9.53 Å². The van der Waals surface area contributed by atoms with Crippen LogP contribution >= 0.6 is 0 Å². The molecule has 1 unspecified atom stereocenters. The van der Waals surface area contributed by atoms with Gasteiger partial charge >= 0.3 is 0 Å². The van der Waals surface area contributed by atoms with Crippen LogP contribution in [0.25, 0.3) is 0 Å².